The van der Waals surface area contributed by atoms with Crippen LogP contribution in [0.1, 0.15) is 38.5 Å². The van der Waals surface area contributed by atoms with Gasteiger partial charge in [0.2, 0.25) is 0 Å². The summed E-state index contributed by atoms with van der Waals surface area (Å²) in [6, 6.07) is 0. The molecule has 12 heavy (non-hydrogen) atoms. The van der Waals surface area contributed by atoms with Gasteiger partial charge in [0.15, 0.2) is 0 Å². The summed E-state index contributed by atoms with van der Waals surface area (Å²) in [7, 11) is 1.79. The van der Waals surface area contributed by atoms with E-state index in [9.17, 15) is 0 Å². The van der Waals surface area contributed by atoms with E-state index in [4.69, 9.17) is 4.74 Å². The van der Waals surface area contributed by atoms with Gasteiger partial charge in [-0.1, -0.05) is 5.57 Å². The van der Waals surface area contributed by atoms with Crippen molar-refractivity contribution in [2.24, 2.45) is 0 Å². The molecular weight excluding hydrogens is 148 g/mol. The molecular formula is C11H16O. The minimum atomic E-state index is 1.16. The van der Waals surface area contributed by atoms with Crippen LogP contribution in [-0.4, -0.2) is 7.11 Å². The third kappa shape index (κ3) is 1.28. The summed E-state index contributed by atoms with van der Waals surface area (Å²) in [6.45, 7) is 0. The van der Waals surface area contributed by atoms with Gasteiger partial charge in [0.05, 0.1) is 7.11 Å². The van der Waals surface area contributed by atoms with E-state index in [0.717, 1.165) is 5.76 Å². The molecule has 0 spiro atoms. The van der Waals surface area contributed by atoms with Crippen LogP contribution in [0.25, 0.3) is 0 Å². The highest BCUT2D eigenvalue weighted by atomic mass is 16.5. The highest BCUT2D eigenvalue weighted by Crippen LogP contribution is 2.35. The van der Waals surface area contributed by atoms with Gasteiger partial charge in [-0.25, -0.2) is 0 Å². The Balaban J connectivity index is 2.26. The number of hydrogen-bond donors (Lipinski definition) is 0. The second-order valence-corrected chi connectivity index (χ2v) is 3.60. The molecule has 66 valence electrons. The average Bonchev–Trinajstić information content (AvgIpc) is 2.17. The second-order valence-electron chi connectivity index (χ2n) is 3.60. The van der Waals surface area contributed by atoms with Gasteiger partial charge in [-0.3, -0.25) is 0 Å². The fourth-order valence-corrected chi connectivity index (χ4v) is 2.25. The lowest BCUT2D eigenvalue weighted by Crippen LogP contribution is -2.07. The first kappa shape index (κ1) is 7.90. The maximum atomic E-state index is 5.36. The Morgan fingerprint density at radius 1 is 1.17 bits per heavy atom. The van der Waals surface area contributed by atoms with Gasteiger partial charge >= 0.3 is 0 Å². The number of methoxy groups -OCH3 is 1. The van der Waals surface area contributed by atoms with Crippen LogP contribution < -0.4 is 0 Å². The van der Waals surface area contributed by atoms with E-state index < -0.39 is 0 Å². The first-order valence-corrected chi connectivity index (χ1v) is 4.87. The smallest absolute Gasteiger partial charge is 0.118 e. The van der Waals surface area contributed by atoms with Crippen molar-refractivity contribution in [1.82, 2.24) is 0 Å². The summed E-state index contributed by atoms with van der Waals surface area (Å²) < 4.78 is 5.36. The lowest BCUT2D eigenvalue weighted by Gasteiger charge is -2.24. The standard InChI is InChI=1S/C11H16O/c1-12-11-8-4-6-9-5-2-3-7-10(9)11/h8H,2-7H2,1H3. The largest absolute Gasteiger partial charge is 0.497 e. The third-order valence-corrected chi connectivity index (χ3v) is 2.88. The zero-order valence-electron chi connectivity index (χ0n) is 7.73. The van der Waals surface area contributed by atoms with Crippen molar-refractivity contribution in [3.05, 3.63) is 23.0 Å². The molecule has 0 saturated carbocycles. The molecule has 1 heteroatoms. The van der Waals surface area contributed by atoms with Crippen LogP contribution in [0, 0.1) is 0 Å². The monoisotopic (exact) mass is 164 g/mol. The zero-order chi connectivity index (χ0) is 8.39. The molecule has 0 aromatic carbocycles. The lowest BCUT2D eigenvalue weighted by atomic mass is 9.85. The van der Waals surface area contributed by atoms with Crippen molar-refractivity contribution < 1.29 is 4.74 Å². The normalized spacial score (nSPS) is 23.2. The van der Waals surface area contributed by atoms with Gasteiger partial charge in [0.1, 0.15) is 5.76 Å². The van der Waals surface area contributed by atoms with Crippen LogP contribution in [0.4, 0.5) is 0 Å². The lowest BCUT2D eigenvalue weighted by molar-refractivity contribution is 0.290. The SMILES string of the molecule is COC1=CCCC2=C1CCCC2. The Bertz CT molecular complexity index is 235. The molecule has 0 unspecified atom stereocenters. The molecule has 2 aliphatic carbocycles. The first-order chi connectivity index (χ1) is 5.92. The molecule has 0 aromatic heterocycles. The molecule has 1 nitrogen and oxygen atoms in total. The number of allylic oxidation sites excluding steroid dienone is 3. The summed E-state index contributed by atoms with van der Waals surface area (Å²) in [5, 5.41) is 0. The third-order valence-electron chi connectivity index (χ3n) is 2.88. The Hall–Kier alpha value is -0.720. The Kier molecular flexibility index (Phi) is 2.20. The molecule has 0 aliphatic heterocycles. The van der Waals surface area contributed by atoms with Crippen molar-refractivity contribution >= 4 is 0 Å². The van der Waals surface area contributed by atoms with Crippen molar-refractivity contribution in [2.75, 3.05) is 7.11 Å². The molecule has 2 rings (SSSR count). The van der Waals surface area contributed by atoms with Crippen molar-refractivity contribution in [2.45, 2.75) is 38.5 Å². The van der Waals surface area contributed by atoms with E-state index in [-0.39, 0.29) is 0 Å². The molecule has 0 bridgehead atoms. The van der Waals surface area contributed by atoms with E-state index in [2.05, 4.69) is 6.08 Å². The molecule has 0 amide bonds. The quantitative estimate of drug-likeness (QED) is 0.578. The van der Waals surface area contributed by atoms with Crippen LogP contribution in [0.5, 0.6) is 0 Å². The van der Waals surface area contributed by atoms with Gasteiger partial charge < -0.3 is 4.74 Å². The Morgan fingerprint density at radius 2 is 2.00 bits per heavy atom. The molecule has 0 radical (unpaired) electrons. The number of rotatable bonds is 1. The predicted molar refractivity (Wildman–Crippen MR) is 49.8 cm³/mol. The van der Waals surface area contributed by atoms with Crippen molar-refractivity contribution in [3.63, 3.8) is 0 Å². The molecule has 0 saturated heterocycles. The summed E-state index contributed by atoms with van der Waals surface area (Å²) in [5.41, 5.74) is 3.19. The van der Waals surface area contributed by atoms with E-state index in [1.807, 2.05) is 0 Å². The summed E-state index contributed by atoms with van der Waals surface area (Å²) in [4.78, 5) is 0. The van der Waals surface area contributed by atoms with Crippen LogP contribution in [0.2, 0.25) is 0 Å². The maximum absolute atomic E-state index is 5.36. The minimum absolute atomic E-state index is 1.16. The van der Waals surface area contributed by atoms with Gasteiger partial charge in [-0.2, -0.15) is 0 Å². The average molecular weight is 164 g/mol. The van der Waals surface area contributed by atoms with Crippen LogP contribution in [-0.2, 0) is 4.74 Å². The fourth-order valence-electron chi connectivity index (χ4n) is 2.25. The first-order valence-electron chi connectivity index (χ1n) is 4.87. The second kappa shape index (κ2) is 3.34. The number of ether oxygens (including phenoxy) is 1. The van der Waals surface area contributed by atoms with Crippen LogP contribution in [0.3, 0.4) is 0 Å². The topological polar surface area (TPSA) is 9.23 Å². The highest BCUT2D eigenvalue weighted by molar-refractivity contribution is 5.36. The zero-order valence-corrected chi connectivity index (χ0v) is 7.73. The van der Waals surface area contributed by atoms with Gasteiger partial charge in [0, 0.05) is 0 Å². The Labute approximate surface area is 74.1 Å². The van der Waals surface area contributed by atoms with Gasteiger partial charge in [-0.05, 0) is 50.2 Å². The van der Waals surface area contributed by atoms with Crippen LogP contribution >= 0.6 is 0 Å². The molecule has 0 aromatic rings. The summed E-state index contributed by atoms with van der Waals surface area (Å²) in [5.74, 6) is 1.16. The van der Waals surface area contributed by atoms with E-state index in [0.29, 0.717) is 0 Å². The van der Waals surface area contributed by atoms with Crippen LogP contribution in [0.15, 0.2) is 23.0 Å². The van der Waals surface area contributed by atoms with Crippen molar-refractivity contribution in [1.29, 1.82) is 0 Å². The van der Waals surface area contributed by atoms with E-state index in [1.54, 1.807) is 12.7 Å². The van der Waals surface area contributed by atoms with Gasteiger partial charge in [-0.15, -0.1) is 0 Å². The minimum Gasteiger partial charge on any atom is -0.497 e. The van der Waals surface area contributed by atoms with Gasteiger partial charge in [0.25, 0.3) is 0 Å². The summed E-state index contributed by atoms with van der Waals surface area (Å²) in [6.07, 6.45) is 9.99. The molecule has 2 aliphatic rings. The molecule has 0 heterocycles. The predicted octanol–water partition coefficient (Wildman–Crippen LogP) is 3.18. The molecule has 0 fully saturated rings. The summed E-state index contributed by atoms with van der Waals surface area (Å²) >= 11 is 0. The van der Waals surface area contributed by atoms with E-state index >= 15 is 0 Å². The number of hydrogen-bond acceptors (Lipinski definition) is 1. The van der Waals surface area contributed by atoms with E-state index in [1.165, 1.54) is 44.1 Å². The maximum Gasteiger partial charge on any atom is 0.118 e. The molecule has 0 atom stereocenters. The Morgan fingerprint density at radius 3 is 2.83 bits per heavy atom. The fraction of sp³-hybridized carbons (Fsp3) is 0.636. The van der Waals surface area contributed by atoms with Crippen molar-refractivity contribution in [3.8, 4) is 0 Å². The molecule has 0 N–H and O–H groups in total. The highest BCUT2D eigenvalue weighted by Gasteiger charge is 2.18.